The van der Waals surface area contributed by atoms with Crippen LogP contribution in [0.3, 0.4) is 0 Å². The molecule has 4 nitrogen and oxygen atoms in total. The standard InChI is InChI=1S/C16H29ClN4/c1-15(2)14(16(15,3)4)12(18-5)13-11(17)10-19-21(13)9-8-20(6)7/h10,12,14,18H,8-9H2,1-7H3. The second-order valence-electron chi connectivity index (χ2n) is 7.59. The van der Waals surface area contributed by atoms with E-state index in [1.807, 2.05) is 7.05 Å². The Morgan fingerprint density at radius 3 is 2.33 bits per heavy atom. The quantitative estimate of drug-likeness (QED) is 0.876. The van der Waals surface area contributed by atoms with Crippen molar-refractivity contribution in [1.29, 1.82) is 0 Å². The normalized spacial score (nSPS) is 21.8. The Morgan fingerprint density at radius 1 is 1.33 bits per heavy atom. The molecule has 1 fully saturated rings. The van der Waals surface area contributed by atoms with Crippen molar-refractivity contribution in [2.45, 2.75) is 40.3 Å². The zero-order valence-electron chi connectivity index (χ0n) is 14.4. The van der Waals surface area contributed by atoms with E-state index in [0.29, 0.717) is 16.7 Å². The first-order chi connectivity index (χ1) is 9.64. The predicted molar refractivity (Wildman–Crippen MR) is 88.6 cm³/mol. The van der Waals surface area contributed by atoms with Gasteiger partial charge < -0.3 is 10.2 Å². The highest BCUT2D eigenvalue weighted by Crippen LogP contribution is 2.72. The number of rotatable bonds is 6. The molecule has 0 aromatic carbocycles. The van der Waals surface area contributed by atoms with Crippen molar-refractivity contribution in [2.75, 3.05) is 27.7 Å². The second-order valence-corrected chi connectivity index (χ2v) is 8.00. The van der Waals surface area contributed by atoms with Crippen molar-refractivity contribution in [3.63, 3.8) is 0 Å². The van der Waals surface area contributed by atoms with Crippen LogP contribution in [-0.4, -0.2) is 42.4 Å². The first kappa shape index (κ1) is 16.8. The van der Waals surface area contributed by atoms with Gasteiger partial charge in [0.15, 0.2) is 0 Å². The Balaban J connectivity index is 2.29. The van der Waals surface area contributed by atoms with E-state index < -0.39 is 0 Å². The maximum Gasteiger partial charge on any atom is 0.0834 e. The summed E-state index contributed by atoms with van der Waals surface area (Å²) in [6, 6.07) is 0.243. The van der Waals surface area contributed by atoms with Gasteiger partial charge in [-0.2, -0.15) is 5.10 Å². The molecule has 5 heteroatoms. The smallest absolute Gasteiger partial charge is 0.0834 e. The van der Waals surface area contributed by atoms with Crippen LogP contribution in [0.4, 0.5) is 0 Å². The average Bonchev–Trinajstić information content (AvgIpc) is 2.68. The molecule has 0 radical (unpaired) electrons. The third kappa shape index (κ3) is 2.73. The second kappa shape index (κ2) is 5.56. The highest BCUT2D eigenvalue weighted by molar-refractivity contribution is 6.31. The Labute approximate surface area is 133 Å². The van der Waals surface area contributed by atoms with Gasteiger partial charge in [0, 0.05) is 6.54 Å². The predicted octanol–water partition coefficient (Wildman–Crippen LogP) is 3.04. The van der Waals surface area contributed by atoms with Gasteiger partial charge in [0.1, 0.15) is 0 Å². The molecule has 1 aromatic rings. The Hall–Kier alpha value is -0.580. The molecule has 0 bridgehead atoms. The Kier molecular flexibility index (Phi) is 4.45. The molecule has 1 N–H and O–H groups in total. The lowest BCUT2D eigenvalue weighted by Crippen LogP contribution is -2.27. The van der Waals surface area contributed by atoms with E-state index in [1.54, 1.807) is 6.20 Å². The maximum absolute atomic E-state index is 6.45. The van der Waals surface area contributed by atoms with E-state index in [2.05, 4.69) is 61.8 Å². The number of halogens is 1. The zero-order chi connectivity index (χ0) is 16.0. The molecular weight excluding hydrogens is 284 g/mol. The van der Waals surface area contributed by atoms with Crippen LogP contribution in [0, 0.1) is 16.7 Å². The number of hydrogen-bond donors (Lipinski definition) is 1. The van der Waals surface area contributed by atoms with Crippen LogP contribution in [0.1, 0.15) is 39.4 Å². The van der Waals surface area contributed by atoms with Crippen LogP contribution in [0.2, 0.25) is 5.02 Å². The minimum atomic E-state index is 0.243. The number of nitrogens with zero attached hydrogens (tertiary/aromatic N) is 3. The summed E-state index contributed by atoms with van der Waals surface area (Å²) in [5, 5.41) is 8.74. The van der Waals surface area contributed by atoms with Crippen molar-refractivity contribution in [2.24, 2.45) is 16.7 Å². The average molecular weight is 313 g/mol. The van der Waals surface area contributed by atoms with Gasteiger partial charge in [0.25, 0.3) is 0 Å². The molecule has 1 heterocycles. The molecule has 0 amide bonds. The van der Waals surface area contributed by atoms with Crippen LogP contribution in [0.25, 0.3) is 0 Å². The van der Waals surface area contributed by atoms with Gasteiger partial charge in [-0.15, -0.1) is 0 Å². The minimum Gasteiger partial charge on any atom is -0.311 e. The molecule has 1 unspecified atom stereocenters. The summed E-state index contributed by atoms with van der Waals surface area (Å²) in [4.78, 5) is 2.17. The lowest BCUT2D eigenvalue weighted by Gasteiger charge is -2.21. The van der Waals surface area contributed by atoms with Crippen LogP contribution in [0.15, 0.2) is 6.20 Å². The van der Waals surface area contributed by atoms with Gasteiger partial charge in [0.05, 0.1) is 29.5 Å². The van der Waals surface area contributed by atoms with E-state index >= 15 is 0 Å². The summed E-state index contributed by atoms with van der Waals surface area (Å²) in [7, 11) is 6.18. The summed E-state index contributed by atoms with van der Waals surface area (Å²) in [5.41, 5.74) is 1.74. The maximum atomic E-state index is 6.45. The third-order valence-electron chi connectivity index (χ3n) is 5.66. The van der Waals surface area contributed by atoms with Gasteiger partial charge in [-0.3, -0.25) is 4.68 Å². The lowest BCUT2D eigenvalue weighted by molar-refractivity contribution is 0.351. The van der Waals surface area contributed by atoms with Crippen LogP contribution in [-0.2, 0) is 6.54 Å². The van der Waals surface area contributed by atoms with Gasteiger partial charge in [-0.1, -0.05) is 39.3 Å². The van der Waals surface area contributed by atoms with E-state index in [9.17, 15) is 0 Å². The molecule has 120 valence electrons. The molecule has 1 aliphatic carbocycles. The molecule has 1 saturated carbocycles. The van der Waals surface area contributed by atoms with Crippen molar-refractivity contribution < 1.29 is 0 Å². The van der Waals surface area contributed by atoms with Crippen LogP contribution in [0.5, 0.6) is 0 Å². The van der Waals surface area contributed by atoms with Gasteiger partial charge in [-0.25, -0.2) is 0 Å². The first-order valence-electron chi connectivity index (χ1n) is 7.67. The van der Waals surface area contributed by atoms with E-state index in [4.69, 9.17) is 11.6 Å². The Bertz CT molecular complexity index is 490. The molecule has 0 aliphatic heterocycles. The highest BCUT2D eigenvalue weighted by atomic mass is 35.5. The number of likely N-dealkylation sites (N-methyl/N-ethyl adjacent to an activating group) is 1. The van der Waals surface area contributed by atoms with Crippen molar-refractivity contribution >= 4 is 11.6 Å². The summed E-state index contributed by atoms with van der Waals surface area (Å²) in [6.45, 7) is 11.2. The monoisotopic (exact) mass is 312 g/mol. The van der Waals surface area contributed by atoms with Crippen molar-refractivity contribution in [3.05, 3.63) is 16.9 Å². The summed E-state index contributed by atoms with van der Waals surface area (Å²) in [5.74, 6) is 0.558. The lowest BCUT2D eigenvalue weighted by atomic mass is 10.0. The van der Waals surface area contributed by atoms with E-state index in [-0.39, 0.29) is 6.04 Å². The molecule has 0 saturated heterocycles. The summed E-state index contributed by atoms with van der Waals surface area (Å²) >= 11 is 6.45. The fraction of sp³-hybridized carbons (Fsp3) is 0.812. The molecule has 0 spiro atoms. The van der Waals surface area contributed by atoms with Gasteiger partial charge >= 0.3 is 0 Å². The number of aromatic nitrogens is 2. The molecule has 21 heavy (non-hydrogen) atoms. The number of hydrogen-bond acceptors (Lipinski definition) is 3. The number of nitrogens with one attached hydrogen (secondary N) is 1. The fourth-order valence-corrected chi connectivity index (χ4v) is 3.95. The molecule has 1 aromatic heterocycles. The van der Waals surface area contributed by atoms with E-state index in [0.717, 1.165) is 23.8 Å². The molecule has 1 atom stereocenters. The van der Waals surface area contributed by atoms with Crippen LogP contribution >= 0.6 is 11.6 Å². The van der Waals surface area contributed by atoms with Crippen LogP contribution < -0.4 is 5.32 Å². The first-order valence-corrected chi connectivity index (χ1v) is 8.05. The third-order valence-corrected chi connectivity index (χ3v) is 5.95. The minimum absolute atomic E-state index is 0.243. The van der Waals surface area contributed by atoms with Crippen molar-refractivity contribution in [3.8, 4) is 0 Å². The summed E-state index contributed by atoms with van der Waals surface area (Å²) in [6.07, 6.45) is 1.78. The SMILES string of the molecule is CNC(c1c(Cl)cnn1CCN(C)C)C1C(C)(C)C1(C)C. The summed E-state index contributed by atoms with van der Waals surface area (Å²) < 4.78 is 2.06. The fourth-order valence-electron chi connectivity index (χ4n) is 3.70. The zero-order valence-corrected chi connectivity index (χ0v) is 15.1. The Morgan fingerprint density at radius 2 is 1.90 bits per heavy atom. The van der Waals surface area contributed by atoms with Crippen molar-refractivity contribution in [1.82, 2.24) is 20.0 Å². The topological polar surface area (TPSA) is 33.1 Å². The van der Waals surface area contributed by atoms with Gasteiger partial charge in [-0.05, 0) is 37.9 Å². The molecule has 2 rings (SSSR count). The highest BCUT2D eigenvalue weighted by Gasteiger charge is 2.67. The molecule has 1 aliphatic rings. The molecular formula is C16H29ClN4. The van der Waals surface area contributed by atoms with Gasteiger partial charge in [0.2, 0.25) is 0 Å². The largest absolute Gasteiger partial charge is 0.311 e. The van der Waals surface area contributed by atoms with E-state index in [1.165, 1.54) is 0 Å².